The van der Waals surface area contributed by atoms with E-state index in [9.17, 15) is 14.4 Å². The number of imide groups is 1. The number of aromatic carboxylic acids is 1. The van der Waals surface area contributed by atoms with Crippen LogP contribution >= 0.6 is 23.2 Å². The monoisotopic (exact) mass is 335 g/mol. The van der Waals surface area contributed by atoms with Crippen molar-refractivity contribution in [1.82, 2.24) is 0 Å². The fourth-order valence-corrected chi connectivity index (χ4v) is 2.83. The SMILES string of the molecule is O=C(O)c1cc(N2C(=O)c3ccccc3C2=O)c(Cl)cc1Cl. The summed E-state index contributed by atoms with van der Waals surface area (Å²) < 4.78 is 0. The predicted octanol–water partition coefficient (Wildman–Crippen LogP) is 3.49. The first-order chi connectivity index (χ1) is 10.4. The summed E-state index contributed by atoms with van der Waals surface area (Å²) in [7, 11) is 0. The van der Waals surface area contributed by atoms with Crippen LogP contribution in [0.4, 0.5) is 5.69 Å². The molecule has 1 heterocycles. The van der Waals surface area contributed by atoms with Crippen LogP contribution in [0.2, 0.25) is 10.0 Å². The van der Waals surface area contributed by atoms with Crippen LogP contribution < -0.4 is 4.90 Å². The van der Waals surface area contributed by atoms with Gasteiger partial charge in [-0.1, -0.05) is 35.3 Å². The molecule has 0 bridgehead atoms. The Balaban J connectivity index is 2.18. The first-order valence-corrected chi connectivity index (χ1v) is 6.87. The number of carbonyl (C=O) groups is 3. The van der Waals surface area contributed by atoms with Crippen LogP contribution in [-0.2, 0) is 0 Å². The third-order valence-corrected chi connectivity index (χ3v) is 3.92. The van der Waals surface area contributed by atoms with E-state index in [0.717, 1.165) is 11.0 Å². The number of carboxylic acid groups (broad SMARTS) is 1. The van der Waals surface area contributed by atoms with Gasteiger partial charge < -0.3 is 5.11 Å². The van der Waals surface area contributed by atoms with Crippen molar-refractivity contribution in [2.45, 2.75) is 0 Å². The van der Waals surface area contributed by atoms with E-state index in [0.29, 0.717) is 0 Å². The molecule has 0 saturated heterocycles. The molecule has 0 fully saturated rings. The smallest absolute Gasteiger partial charge is 0.337 e. The lowest BCUT2D eigenvalue weighted by Gasteiger charge is -2.16. The first kappa shape index (κ1) is 14.6. The number of fused-ring (bicyclic) bond motifs is 1. The van der Waals surface area contributed by atoms with E-state index < -0.39 is 17.8 Å². The Morgan fingerprint density at radius 1 is 0.955 bits per heavy atom. The van der Waals surface area contributed by atoms with Gasteiger partial charge in [-0.25, -0.2) is 9.69 Å². The Morgan fingerprint density at radius 3 is 2.00 bits per heavy atom. The van der Waals surface area contributed by atoms with Crippen LogP contribution in [0, 0.1) is 0 Å². The summed E-state index contributed by atoms with van der Waals surface area (Å²) in [6.07, 6.45) is 0. The van der Waals surface area contributed by atoms with Gasteiger partial charge in [0, 0.05) is 0 Å². The van der Waals surface area contributed by atoms with Crippen molar-refractivity contribution in [2.24, 2.45) is 0 Å². The predicted molar refractivity (Wildman–Crippen MR) is 81.0 cm³/mol. The number of amides is 2. The highest BCUT2D eigenvalue weighted by Gasteiger charge is 2.37. The highest BCUT2D eigenvalue weighted by Crippen LogP contribution is 2.36. The Labute approximate surface area is 134 Å². The van der Waals surface area contributed by atoms with Gasteiger partial charge in [0.15, 0.2) is 0 Å². The molecular formula is C15H7Cl2NO4. The van der Waals surface area contributed by atoms with Gasteiger partial charge in [-0.3, -0.25) is 9.59 Å². The van der Waals surface area contributed by atoms with Gasteiger partial charge in [0.25, 0.3) is 11.8 Å². The maximum atomic E-state index is 12.4. The molecule has 1 aliphatic heterocycles. The molecule has 1 N–H and O–H groups in total. The van der Waals surface area contributed by atoms with Crippen molar-refractivity contribution in [2.75, 3.05) is 4.90 Å². The summed E-state index contributed by atoms with van der Waals surface area (Å²) in [6, 6.07) is 8.65. The zero-order chi connectivity index (χ0) is 16.0. The molecule has 2 aromatic rings. The van der Waals surface area contributed by atoms with Gasteiger partial charge in [0.05, 0.1) is 32.4 Å². The third kappa shape index (κ3) is 2.06. The van der Waals surface area contributed by atoms with Crippen LogP contribution in [0.1, 0.15) is 31.1 Å². The van der Waals surface area contributed by atoms with Crippen LogP contribution in [-0.4, -0.2) is 22.9 Å². The zero-order valence-electron chi connectivity index (χ0n) is 10.8. The molecule has 7 heteroatoms. The van der Waals surface area contributed by atoms with E-state index in [-0.39, 0.29) is 32.4 Å². The number of carboxylic acids is 1. The van der Waals surface area contributed by atoms with Gasteiger partial charge in [0.2, 0.25) is 0 Å². The van der Waals surface area contributed by atoms with Crippen molar-refractivity contribution in [3.8, 4) is 0 Å². The fourth-order valence-electron chi connectivity index (χ4n) is 2.28. The maximum Gasteiger partial charge on any atom is 0.337 e. The number of anilines is 1. The molecular weight excluding hydrogens is 329 g/mol. The topological polar surface area (TPSA) is 74.7 Å². The number of carbonyl (C=O) groups excluding carboxylic acids is 2. The van der Waals surface area contributed by atoms with Crippen molar-refractivity contribution < 1.29 is 19.5 Å². The largest absolute Gasteiger partial charge is 0.478 e. The van der Waals surface area contributed by atoms with E-state index in [4.69, 9.17) is 28.3 Å². The van der Waals surface area contributed by atoms with E-state index >= 15 is 0 Å². The number of rotatable bonds is 2. The number of benzene rings is 2. The van der Waals surface area contributed by atoms with Gasteiger partial charge >= 0.3 is 5.97 Å². The highest BCUT2D eigenvalue weighted by atomic mass is 35.5. The summed E-state index contributed by atoms with van der Waals surface area (Å²) in [6.45, 7) is 0. The molecule has 3 rings (SSSR count). The van der Waals surface area contributed by atoms with Gasteiger partial charge in [-0.05, 0) is 24.3 Å². The first-order valence-electron chi connectivity index (χ1n) is 6.12. The minimum absolute atomic E-state index is 0.00494. The molecule has 0 aliphatic carbocycles. The maximum absolute atomic E-state index is 12.4. The number of halogens is 2. The fraction of sp³-hybridized carbons (Fsp3) is 0. The molecule has 0 aromatic heterocycles. The van der Waals surface area contributed by atoms with Crippen LogP contribution in [0.5, 0.6) is 0 Å². The van der Waals surface area contributed by atoms with Gasteiger partial charge in [0.1, 0.15) is 0 Å². The van der Waals surface area contributed by atoms with Crippen molar-refractivity contribution >= 4 is 46.7 Å². The summed E-state index contributed by atoms with van der Waals surface area (Å²) >= 11 is 11.8. The number of hydrogen-bond donors (Lipinski definition) is 1. The lowest BCUT2D eigenvalue weighted by atomic mass is 10.1. The second kappa shape index (κ2) is 5.12. The molecule has 0 saturated carbocycles. The second-order valence-electron chi connectivity index (χ2n) is 4.58. The Morgan fingerprint density at radius 2 is 1.50 bits per heavy atom. The average molecular weight is 336 g/mol. The molecule has 22 heavy (non-hydrogen) atoms. The van der Waals surface area contributed by atoms with Crippen LogP contribution in [0.3, 0.4) is 0 Å². The molecule has 2 aromatic carbocycles. The van der Waals surface area contributed by atoms with Gasteiger partial charge in [-0.15, -0.1) is 0 Å². The molecule has 0 atom stereocenters. The summed E-state index contributed by atoms with van der Waals surface area (Å²) in [5.41, 5.74) is 0.248. The molecule has 2 amide bonds. The summed E-state index contributed by atoms with van der Waals surface area (Å²) in [4.78, 5) is 36.8. The minimum atomic E-state index is -1.28. The second-order valence-corrected chi connectivity index (χ2v) is 5.39. The summed E-state index contributed by atoms with van der Waals surface area (Å²) in [5.74, 6) is -2.39. The van der Waals surface area contributed by atoms with Crippen molar-refractivity contribution in [3.63, 3.8) is 0 Å². The standard InChI is InChI=1S/C15H7Cl2NO4/c16-10-6-11(17)12(5-9(10)15(21)22)18-13(19)7-3-1-2-4-8(7)14(18)20/h1-6H,(H,21,22). The van der Waals surface area contributed by atoms with E-state index in [2.05, 4.69) is 0 Å². The molecule has 110 valence electrons. The van der Waals surface area contributed by atoms with E-state index in [1.165, 1.54) is 18.2 Å². The lowest BCUT2D eigenvalue weighted by Crippen LogP contribution is -2.29. The molecule has 0 spiro atoms. The van der Waals surface area contributed by atoms with Crippen molar-refractivity contribution in [3.05, 3.63) is 63.1 Å². The lowest BCUT2D eigenvalue weighted by molar-refractivity contribution is 0.0696. The minimum Gasteiger partial charge on any atom is -0.478 e. The Kier molecular flexibility index (Phi) is 3.39. The van der Waals surface area contributed by atoms with E-state index in [1.54, 1.807) is 12.1 Å². The molecule has 5 nitrogen and oxygen atoms in total. The molecule has 0 radical (unpaired) electrons. The summed E-state index contributed by atoms with van der Waals surface area (Å²) in [5, 5.41) is 9.06. The molecule has 1 aliphatic rings. The van der Waals surface area contributed by atoms with E-state index in [1.807, 2.05) is 0 Å². The van der Waals surface area contributed by atoms with Crippen LogP contribution in [0.15, 0.2) is 36.4 Å². The number of hydrogen-bond acceptors (Lipinski definition) is 3. The normalized spacial score (nSPS) is 13.5. The Hall–Kier alpha value is -2.37. The zero-order valence-corrected chi connectivity index (χ0v) is 12.4. The average Bonchev–Trinajstić information content (AvgIpc) is 2.72. The quantitative estimate of drug-likeness (QED) is 0.852. The third-order valence-electron chi connectivity index (χ3n) is 3.30. The van der Waals surface area contributed by atoms with Gasteiger partial charge in [-0.2, -0.15) is 0 Å². The van der Waals surface area contributed by atoms with Crippen molar-refractivity contribution in [1.29, 1.82) is 0 Å². The van der Waals surface area contributed by atoms with Crippen LogP contribution in [0.25, 0.3) is 0 Å². The highest BCUT2D eigenvalue weighted by molar-refractivity contribution is 6.41. The number of nitrogens with zero attached hydrogens (tertiary/aromatic N) is 1. The Bertz CT molecular complexity index is 812. The molecule has 0 unspecified atom stereocenters.